The quantitative estimate of drug-likeness (QED) is 0.551. The third-order valence-corrected chi connectivity index (χ3v) is 3.52. The number of nitro benzene ring substituents is 1. The second-order valence-corrected chi connectivity index (χ2v) is 5.06. The van der Waals surface area contributed by atoms with Crippen LogP contribution in [0.15, 0.2) is 34.9 Å². The molecule has 1 unspecified atom stereocenters. The molecule has 9 heteroatoms. The maximum atomic E-state index is 12.3. The van der Waals surface area contributed by atoms with Gasteiger partial charge in [0.1, 0.15) is 17.4 Å². The van der Waals surface area contributed by atoms with Crippen molar-refractivity contribution in [2.75, 3.05) is 20.8 Å². The van der Waals surface area contributed by atoms with E-state index in [-0.39, 0.29) is 30.0 Å². The molecule has 25 heavy (non-hydrogen) atoms. The third-order valence-electron chi connectivity index (χ3n) is 3.52. The van der Waals surface area contributed by atoms with Gasteiger partial charge in [-0.25, -0.2) is 0 Å². The van der Waals surface area contributed by atoms with Crippen LogP contribution < -0.4 is 14.8 Å². The number of hydrogen-bond donors (Lipinski definition) is 2. The first-order valence-corrected chi connectivity index (χ1v) is 7.38. The average molecular weight is 350 g/mol. The number of aliphatic hydroxyl groups is 1. The summed E-state index contributed by atoms with van der Waals surface area (Å²) < 4.78 is 15.1. The molecule has 0 spiro atoms. The summed E-state index contributed by atoms with van der Waals surface area (Å²) in [4.78, 5) is 22.8. The summed E-state index contributed by atoms with van der Waals surface area (Å²) in [5.41, 5.74) is -0.558. The molecular weight excluding hydrogens is 332 g/mol. The number of aliphatic hydroxyl groups excluding tert-OH is 1. The molecular formula is C16H18N2O7. The van der Waals surface area contributed by atoms with Gasteiger partial charge in [0.2, 0.25) is 0 Å². The summed E-state index contributed by atoms with van der Waals surface area (Å²) in [6.07, 6.45) is 0.750. The number of ether oxygens (including phenoxy) is 2. The second kappa shape index (κ2) is 8.15. The minimum atomic E-state index is -0.879. The van der Waals surface area contributed by atoms with E-state index in [4.69, 9.17) is 13.9 Å². The van der Waals surface area contributed by atoms with Gasteiger partial charge in [0.25, 0.3) is 11.6 Å². The predicted molar refractivity (Wildman–Crippen MR) is 86.8 cm³/mol. The highest BCUT2D eigenvalue weighted by atomic mass is 16.6. The van der Waals surface area contributed by atoms with E-state index in [1.165, 1.54) is 26.5 Å². The van der Waals surface area contributed by atoms with Crippen LogP contribution in [-0.4, -0.2) is 36.7 Å². The summed E-state index contributed by atoms with van der Waals surface area (Å²) in [5.74, 6) is 0.0820. The summed E-state index contributed by atoms with van der Waals surface area (Å²) in [5, 5.41) is 23.6. The molecule has 9 nitrogen and oxygen atoms in total. The van der Waals surface area contributed by atoms with Gasteiger partial charge in [0, 0.05) is 12.6 Å². The highest BCUT2D eigenvalue weighted by Gasteiger charge is 2.24. The van der Waals surface area contributed by atoms with Crippen LogP contribution in [0, 0.1) is 10.1 Å². The van der Waals surface area contributed by atoms with E-state index in [1.54, 1.807) is 12.1 Å². The summed E-state index contributed by atoms with van der Waals surface area (Å²) >= 11 is 0. The molecule has 1 amide bonds. The van der Waals surface area contributed by atoms with E-state index in [2.05, 4.69) is 5.32 Å². The van der Waals surface area contributed by atoms with Gasteiger partial charge in [-0.2, -0.15) is 0 Å². The Balaban J connectivity index is 2.11. The average Bonchev–Trinajstić information content (AvgIpc) is 3.14. The first-order chi connectivity index (χ1) is 12.0. The largest absolute Gasteiger partial charge is 0.493 e. The van der Waals surface area contributed by atoms with Crippen molar-refractivity contribution in [1.29, 1.82) is 0 Å². The number of methoxy groups -OCH3 is 2. The van der Waals surface area contributed by atoms with E-state index < -0.39 is 22.6 Å². The minimum Gasteiger partial charge on any atom is -0.493 e. The zero-order valence-electron chi connectivity index (χ0n) is 13.7. The number of nitro groups is 1. The number of carbonyl (C=O) groups excluding carboxylic acids is 1. The van der Waals surface area contributed by atoms with Crippen molar-refractivity contribution in [3.8, 4) is 11.5 Å². The van der Waals surface area contributed by atoms with Crippen molar-refractivity contribution in [3.05, 3.63) is 52.0 Å². The van der Waals surface area contributed by atoms with E-state index in [1.807, 2.05) is 0 Å². The van der Waals surface area contributed by atoms with Crippen LogP contribution in [0.1, 0.15) is 28.6 Å². The lowest BCUT2D eigenvalue weighted by molar-refractivity contribution is -0.385. The van der Waals surface area contributed by atoms with Gasteiger partial charge in [-0.1, -0.05) is 0 Å². The molecule has 134 valence electrons. The maximum absolute atomic E-state index is 12.3. The van der Waals surface area contributed by atoms with Gasteiger partial charge in [-0.15, -0.1) is 0 Å². The van der Waals surface area contributed by atoms with E-state index in [9.17, 15) is 20.0 Å². The van der Waals surface area contributed by atoms with Crippen molar-refractivity contribution >= 4 is 11.6 Å². The van der Waals surface area contributed by atoms with Crippen LogP contribution >= 0.6 is 0 Å². The lowest BCUT2D eigenvalue weighted by Gasteiger charge is -2.12. The Morgan fingerprint density at radius 3 is 2.60 bits per heavy atom. The lowest BCUT2D eigenvalue weighted by atomic mass is 10.1. The Labute approximate surface area is 143 Å². The molecule has 0 fully saturated rings. The van der Waals surface area contributed by atoms with Crippen molar-refractivity contribution in [3.63, 3.8) is 0 Å². The number of benzene rings is 1. The first-order valence-electron chi connectivity index (χ1n) is 7.38. The number of furan rings is 1. The van der Waals surface area contributed by atoms with Crippen molar-refractivity contribution in [2.45, 2.75) is 12.5 Å². The number of carbonyl (C=O) groups is 1. The van der Waals surface area contributed by atoms with Crippen LogP contribution in [0.5, 0.6) is 11.5 Å². The molecule has 2 N–H and O–H groups in total. The molecule has 1 heterocycles. The summed E-state index contributed by atoms with van der Waals surface area (Å²) in [6.45, 7) is 0.103. The topological polar surface area (TPSA) is 124 Å². The fourth-order valence-electron chi connectivity index (χ4n) is 2.24. The second-order valence-electron chi connectivity index (χ2n) is 5.06. The first kappa shape index (κ1) is 18.3. The molecule has 2 rings (SSSR count). The van der Waals surface area contributed by atoms with Gasteiger partial charge < -0.3 is 24.3 Å². The monoisotopic (exact) mass is 350 g/mol. The van der Waals surface area contributed by atoms with Gasteiger partial charge >= 0.3 is 0 Å². The van der Waals surface area contributed by atoms with E-state index in [0.717, 1.165) is 6.07 Å². The Morgan fingerprint density at radius 2 is 2.04 bits per heavy atom. The summed E-state index contributed by atoms with van der Waals surface area (Å²) in [7, 11) is 2.71. The molecule has 0 aliphatic heterocycles. The van der Waals surface area contributed by atoms with Crippen LogP contribution in [0.2, 0.25) is 0 Å². The summed E-state index contributed by atoms with van der Waals surface area (Å²) in [6, 6.07) is 5.64. The molecule has 1 aromatic heterocycles. The van der Waals surface area contributed by atoms with Crippen molar-refractivity contribution < 1.29 is 28.7 Å². The molecule has 0 bridgehead atoms. The van der Waals surface area contributed by atoms with Crippen LogP contribution in [-0.2, 0) is 0 Å². The van der Waals surface area contributed by atoms with E-state index in [0.29, 0.717) is 5.76 Å². The number of nitrogens with zero attached hydrogens (tertiary/aromatic N) is 1. The molecule has 0 saturated heterocycles. The van der Waals surface area contributed by atoms with Crippen LogP contribution in [0.4, 0.5) is 5.69 Å². The SMILES string of the molecule is COc1cc(C(=O)NCCC(O)c2ccco2)c([N+](=O)[O-])cc1OC. The van der Waals surface area contributed by atoms with E-state index >= 15 is 0 Å². The fraction of sp³-hybridized carbons (Fsp3) is 0.312. The molecule has 0 aliphatic carbocycles. The number of hydrogen-bond acceptors (Lipinski definition) is 7. The van der Waals surface area contributed by atoms with Crippen LogP contribution in [0.25, 0.3) is 0 Å². The molecule has 0 saturated carbocycles. The highest BCUT2D eigenvalue weighted by molar-refractivity contribution is 5.99. The lowest BCUT2D eigenvalue weighted by Crippen LogP contribution is -2.26. The zero-order valence-corrected chi connectivity index (χ0v) is 13.7. The van der Waals surface area contributed by atoms with Crippen molar-refractivity contribution in [1.82, 2.24) is 5.32 Å². The van der Waals surface area contributed by atoms with Crippen LogP contribution in [0.3, 0.4) is 0 Å². The predicted octanol–water partition coefficient (Wildman–Crippen LogP) is 2.06. The van der Waals surface area contributed by atoms with Gasteiger partial charge in [-0.3, -0.25) is 14.9 Å². The third kappa shape index (κ3) is 4.27. The molecule has 1 atom stereocenters. The smallest absolute Gasteiger partial charge is 0.286 e. The zero-order chi connectivity index (χ0) is 18.4. The standard InChI is InChI=1S/C16H18N2O7/c1-23-14-8-10(11(18(21)22)9-15(14)24-2)16(20)17-6-5-12(19)13-4-3-7-25-13/h3-4,7-9,12,19H,5-6H2,1-2H3,(H,17,20). The fourth-order valence-corrected chi connectivity index (χ4v) is 2.24. The molecule has 0 radical (unpaired) electrons. The minimum absolute atomic E-state index is 0.103. The number of rotatable bonds is 8. The Hall–Kier alpha value is -3.07. The van der Waals surface area contributed by atoms with Gasteiger partial charge in [-0.05, 0) is 18.6 Å². The molecule has 0 aliphatic rings. The number of amides is 1. The Morgan fingerprint density at radius 1 is 1.36 bits per heavy atom. The van der Waals surface area contributed by atoms with Crippen molar-refractivity contribution in [2.24, 2.45) is 0 Å². The Kier molecular flexibility index (Phi) is 5.96. The Bertz CT molecular complexity index is 743. The molecule has 2 aromatic rings. The molecule has 1 aromatic carbocycles. The number of nitrogens with one attached hydrogen (secondary N) is 1. The van der Waals surface area contributed by atoms with Gasteiger partial charge in [0.15, 0.2) is 11.5 Å². The van der Waals surface area contributed by atoms with Gasteiger partial charge in [0.05, 0.1) is 31.5 Å². The maximum Gasteiger partial charge on any atom is 0.286 e. The highest BCUT2D eigenvalue weighted by Crippen LogP contribution is 2.34. The normalized spacial score (nSPS) is 11.6.